The molecule has 0 amide bonds. The van der Waals surface area contributed by atoms with E-state index in [1.165, 1.54) is 0 Å². The number of nitrogens with two attached hydrogens (primary N) is 1. The number of nitrogens with zero attached hydrogens (tertiary/aromatic N) is 3. The molecule has 17 heavy (non-hydrogen) atoms. The van der Waals surface area contributed by atoms with E-state index in [1.54, 1.807) is 4.68 Å². The third-order valence-corrected chi connectivity index (χ3v) is 3.29. The monoisotopic (exact) mass is 315 g/mol. The van der Waals surface area contributed by atoms with Gasteiger partial charge >= 0.3 is 0 Å². The van der Waals surface area contributed by atoms with Crippen LogP contribution in [-0.4, -0.2) is 15.0 Å². The van der Waals surface area contributed by atoms with E-state index >= 15 is 0 Å². The Kier molecular flexibility index (Phi) is 3.78. The molecule has 2 rings (SSSR count). The molecule has 0 radical (unpaired) electrons. The second-order valence-corrected chi connectivity index (χ2v) is 4.73. The molecule has 90 valence electrons. The van der Waals surface area contributed by atoms with E-state index in [1.807, 2.05) is 31.3 Å². The summed E-state index contributed by atoms with van der Waals surface area (Å²) in [4.78, 5) is 0. The lowest BCUT2D eigenvalue weighted by molar-refractivity contribution is 0.569. The maximum Gasteiger partial charge on any atom is 0.153 e. The fourth-order valence-corrected chi connectivity index (χ4v) is 2.32. The molecular formula is C10H11BrClN5. The minimum Gasteiger partial charge on any atom is -0.271 e. The summed E-state index contributed by atoms with van der Waals surface area (Å²) in [5.41, 5.74) is 4.59. The number of hydrazine groups is 1. The van der Waals surface area contributed by atoms with Crippen LogP contribution in [0.25, 0.3) is 0 Å². The molecule has 1 unspecified atom stereocenters. The Morgan fingerprint density at radius 3 is 2.53 bits per heavy atom. The number of nitrogens with one attached hydrogen (secondary N) is 1. The van der Waals surface area contributed by atoms with Crippen LogP contribution in [0.1, 0.15) is 17.3 Å². The summed E-state index contributed by atoms with van der Waals surface area (Å²) in [5.74, 6) is 5.60. The number of rotatable bonds is 3. The third kappa shape index (κ3) is 2.50. The van der Waals surface area contributed by atoms with Gasteiger partial charge in [0.1, 0.15) is 0 Å². The molecule has 1 atom stereocenters. The predicted octanol–water partition coefficient (Wildman–Crippen LogP) is 1.78. The van der Waals surface area contributed by atoms with Gasteiger partial charge in [0, 0.05) is 12.1 Å². The highest BCUT2D eigenvalue weighted by Gasteiger charge is 2.20. The number of aryl methyl sites for hydroxylation is 1. The second kappa shape index (κ2) is 5.14. The maximum absolute atomic E-state index is 5.86. The van der Waals surface area contributed by atoms with E-state index in [0.717, 1.165) is 11.3 Å². The zero-order valence-electron chi connectivity index (χ0n) is 9.06. The lowest BCUT2D eigenvalue weighted by Gasteiger charge is -2.16. The first-order chi connectivity index (χ1) is 8.13. The summed E-state index contributed by atoms with van der Waals surface area (Å²) in [6.07, 6.45) is 0. The van der Waals surface area contributed by atoms with Crippen molar-refractivity contribution in [3.8, 4) is 0 Å². The van der Waals surface area contributed by atoms with Crippen LogP contribution in [0.15, 0.2) is 28.9 Å². The largest absolute Gasteiger partial charge is 0.271 e. The molecule has 0 bridgehead atoms. The minimum absolute atomic E-state index is 0.193. The van der Waals surface area contributed by atoms with Crippen LogP contribution >= 0.6 is 27.5 Å². The SMILES string of the molecule is Cn1nnc(Br)c1C(NN)c1ccc(Cl)cc1. The summed E-state index contributed by atoms with van der Waals surface area (Å²) in [5, 5.41) is 8.55. The number of benzene rings is 1. The highest BCUT2D eigenvalue weighted by Crippen LogP contribution is 2.26. The van der Waals surface area contributed by atoms with Gasteiger partial charge in [-0.15, -0.1) is 5.10 Å². The lowest BCUT2D eigenvalue weighted by Crippen LogP contribution is -2.30. The molecular weight excluding hydrogens is 306 g/mol. The zero-order chi connectivity index (χ0) is 12.4. The van der Waals surface area contributed by atoms with Crippen molar-refractivity contribution >= 4 is 27.5 Å². The molecule has 7 heteroatoms. The zero-order valence-corrected chi connectivity index (χ0v) is 11.4. The highest BCUT2D eigenvalue weighted by atomic mass is 79.9. The van der Waals surface area contributed by atoms with Crippen molar-refractivity contribution in [3.05, 3.63) is 45.1 Å². The summed E-state index contributed by atoms with van der Waals surface area (Å²) in [6.45, 7) is 0. The van der Waals surface area contributed by atoms with Crippen LogP contribution < -0.4 is 11.3 Å². The average molecular weight is 317 g/mol. The van der Waals surface area contributed by atoms with Crippen molar-refractivity contribution < 1.29 is 0 Å². The van der Waals surface area contributed by atoms with Gasteiger partial charge in [-0.2, -0.15) is 0 Å². The quantitative estimate of drug-likeness (QED) is 0.669. The van der Waals surface area contributed by atoms with Gasteiger partial charge in [-0.3, -0.25) is 5.84 Å². The van der Waals surface area contributed by atoms with Crippen molar-refractivity contribution in [2.24, 2.45) is 12.9 Å². The third-order valence-electron chi connectivity index (χ3n) is 2.47. The summed E-state index contributed by atoms with van der Waals surface area (Å²) in [7, 11) is 1.81. The van der Waals surface area contributed by atoms with Gasteiger partial charge in [0.15, 0.2) is 4.60 Å². The van der Waals surface area contributed by atoms with Gasteiger partial charge in [0.25, 0.3) is 0 Å². The van der Waals surface area contributed by atoms with E-state index < -0.39 is 0 Å². The molecule has 5 nitrogen and oxygen atoms in total. The van der Waals surface area contributed by atoms with Gasteiger partial charge in [0.05, 0.1) is 11.7 Å². The highest BCUT2D eigenvalue weighted by molar-refractivity contribution is 9.10. The Balaban J connectivity index is 2.43. The van der Waals surface area contributed by atoms with Gasteiger partial charge in [0.2, 0.25) is 0 Å². The number of halogens is 2. The van der Waals surface area contributed by atoms with E-state index in [9.17, 15) is 0 Å². The van der Waals surface area contributed by atoms with Crippen LogP contribution in [0.3, 0.4) is 0 Å². The topological polar surface area (TPSA) is 68.8 Å². The van der Waals surface area contributed by atoms with E-state index in [-0.39, 0.29) is 6.04 Å². The van der Waals surface area contributed by atoms with Gasteiger partial charge in [-0.25, -0.2) is 10.1 Å². The van der Waals surface area contributed by atoms with Crippen molar-refractivity contribution in [3.63, 3.8) is 0 Å². The Bertz CT molecular complexity index is 490. The summed E-state index contributed by atoms with van der Waals surface area (Å²) in [6, 6.07) is 7.26. The van der Waals surface area contributed by atoms with E-state index in [0.29, 0.717) is 9.63 Å². The molecule has 0 fully saturated rings. The minimum atomic E-state index is -0.193. The molecule has 2 aromatic rings. The van der Waals surface area contributed by atoms with Crippen molar-refractivity contribution in [1.29, 1.82) is 0 Å². The molecule has 1 heterocycles. The molecule has 1 aromatic heterocycles. The van der Waals surface area contributed by atoms with E-state index in [4.69, 9.17) is 17.4 Å². The lowest BCUT2D eigenvalue weighted by atomic mass is 10.1. The molecule has 1 aromatic carbocycles. The van der Waals surface area contributed by atoms with Gasteiger partial charge in [-0.05, 0) is 33.6 Å². The fourth-order valence-electron chi connectivity index (χ4n) is 1.63. The number of hydrogen-bond acceptors (Lipinski definition) is 4. The first kappa shape index (κ1) is 12.5. The Morgan fingerprint density at radius 1 is 1.41 bits per heavy atom. The molecule has 0 saturated carbocycles. The number of aromatic nitrogens is 3. The van der Waals surface area contributed by atoms with Crippen molar-refractivity contribution in [1.82, 2.24) is 20.4 Å². The molecule has 0 saturated heterocycles. The molecule has 3 N–H and O–H groups in total. The van der Waals surface area contributed by atoms with Gasteiger partial charge < -0.3 is 0 Å². The average Bonchev–Trinajstić information content (AvgIpc) is 2.64. The molecule has 0 aliphatic carbocycles. The smallest absolute Gasteiger partial charge is 0.153 e. The Labute approximate surface area is 112 Å². The molecule has 0 aliphatic rings. The molecule has 0 spiro atoms. The first-order valence-corrected chi connectivity index (χ1v) is 6.07. The standard InChI is InChI=1S/C10H11BrClN5/c1-17-9(10(11)15-16-17)8(14-13)6-2-4-7(12)5-3-6/h2-5,8,14H,13H2,1H3. The van der Waals surface area contributed by atoms with Crippen LogP contribution in [-0.2, 0) is 7.05 Å². The van der Waals surface area contributed by atoms with Crippen LogP contribution in [0.2, 0.25) is 5.02 Å². The summed E-state index contributed by atoms with van der Waals surface area (Å²) >= 11 is 9.21. The van der Waals surface area contributed by atoms with Crippen molar-refractivity contribution in [2.75, 3.05) is 0 Å². The second-order valence-electron chi connectivity index (χ2n) is 3.54. The number of hydrogen-bond donors (Lipinski definition) is 2. The normalized spacial score (nSPS) is 12.7. The van der Waals surface area contributed by atoms with Crippen LogP contribution in [0, 0.1) is 0 Å². The Morgan fingerprint density at radius 2 is 2.06 bits per heavy atom. The maximum atomic E-state index is 5.86. The first-order valence-electron chi connectivity index (χ1n) is 4.90. The predicted molar refractivity (Wildman–Crippen MR) is 69.3 cm³/mol. The van der Waals surface area contributed by atoms with Crippen molar-refractivity contribution in [2.45, 2.75) is 6.04 Å². The Hall–Kier alpha value is -0.950. The van der Waals surface area contributed by atoms with E-state index in [2.05, 4.69) is 31.7 Å². The van der Waals surface area contributed by atoms with Crippen LogP contribution in [0.4, 0.5) is 0 Å². The fraction of sp³-hybridized carbons (Fsp3) is 0.200. The molecule has 0 aliphatic heterocycles. The van der Waals surface area contributed by atoms with Gasteiger partial charge in [-0.1, -0.05) is 28.9 Å². The van der Waals surface area contributed by atoms with Crippen LogP contribution in [0.5, 0.6) is 0 Å². The summed E-state index contributed by atoms with van der Waals surface area (Å²) < 4.78 is 2.33.